The summed E-state index contributed by atoms with van der Waals surface area (Å²) in [7, 11) is 0. The number of likely N-dealkylation sites (N-methyl/N-ethyl adjacent to an activating group) is 1. The predicted octanol–water partition coefficient (Wildman–Crippen LogP) is 4.00. The standard InChI is InChI=1S/C28H38N2O5S2/c1-4-9-21(16-24(33)22-17-28(18-30(22)5-2)36-14-15-37-28)27(35)23(32)12-13-25(34)29-26(19(3)31)20-10-7-6-8-11-20/h6-8,10-11,21-22,26H,4-5,9,12-18H2,1-3H3,(H,29,34)/t21?,22-,26+/m0/s1. The number of Topliss-reactive ketones (excluding diaryl/α,β-unsaturated/α-hetero) is 4. The Kier molecular flexibility index (Phi) is 11.0. The van der Waals surface area contributed by atoms with Gasteiger partial charge in [-0.15, -0.1) is 23.5 Å². The van der Waals surface area contributed by atoms with E-state index in [1.807, 2.05) is 36.5 Å². The van der Waals surface area contributed by atoms with Crippen molar-refractivity contribution >= 4 is 52.6 Å². The summed E-state index contributed by atoms with van der Waals surface area (Å²) in [4.78, 5) is 65.9. The number of carbonyl (C=O) groups excluding carboxylic acids is 5. The van der Waals surface area contributed by atoms with Crippen molar-refractivity contribution in [1.82, 2.24) is 10.2 Å². The molecule has 2 aliphatic heterocycles. The Bertz CT molecular complexity index is 994. The molecule has 9 heteroatoms. The van der Waals surface area contributed by atoms with Crippen LogP contribution < -0.4 is 5.32 Å². The van der Waals surface area contributed by atoms with Gasteiger partial charge < -0.3 is 5.32 Å². The Morgan fingerprint density at radius 2 is 1.73 bits per heavy atom. The highest BCUT2D eigenvalue weighted by molar-refractivity contribution is 8.21. The van der Waals surface area contributed by atoms with Gasteiger partial charge in [-0.2, -0.15) is 0 Å². The number of hydrogen-bond donors (Lipinski definition) is 1. The lowest BCUT2D eigenvalue weighted by Gasteiger charge is -2.23. The Morgan fingerprint density at radius 1 is 1.05 bits per heavy atom. The van der Waals surface area contributed by atoms with E-state index < -0.39 is 29.4 Å². The van der Waals surface area contributed by atoms with E-state index in [-0.39, 0.29) is 40.9 Å². The van der Waals surface area contributed by atoms with Crippen molar-refractivity contribution < 1.29 is 24.0 Å². The van der Waals surface area contributed by atoms with E-state index in [2.05, 4.69) is 17.1 Å². The Hall–Kier alpha value is -1.97. The summed E-state index contributed by atoms with van der Waals surface area (Å²) in [6, 6.07) is 7.89. The van der Waals surface area contributed by atoms with Gasteiger partial charge in [-0.3, -0.25) is 28.9 Å². The van der Waals surface area contributed by atoms with Crippen LogP contribution in [-0.4, -0.2) is 68.7 Å². The minimum Gasteiger partial charge on any atom is -0.342 e. The lowest BCUT2D eigenvalue weighted by atomic mass is 9.87. The molecule has 0 bridgehead atoms. The molecule has 1 aromatic carbocycles. The molecule has 1 N–H and O–H groups in total. The number of carbonyl (C=O) groups is 5. The minimum absolute atomic E-state index is 0.0383. The predicted molar refractivity (Wildman–Crippen MR) is 149 cm³/mol. The van der Waals surface area contributed by atoms with Crippen LogP contribution in [0.15, 0.2) is 30.3 Å². The number of likely N-dealkylation sites (tertiary alicyclic amines) is 1. The lowest BCUT2D eigenvalue weighted by Crippen LogP contribution is -2.38. The first-order valence-electron chi connectivity index (χ1n) is 13.2. The van der Waals surface area contributed by atoms with Crippen LogP contribution in [0, 0.1) is 5.92 Å². The molecule has 202 valence electrons. The quantitative estimate of drug-likeness (QED) is 0.350. The van der Waals surface area contributed by atoms with Gasteiger partial charge in [0.2, 0.25) is 11.7 Å². The van der Waals surface area contributed by atoms with E-state index in [0.717, 1.165) is 31.0 Å². The van der Waals surface area contributed by atoms with Gasteiger partial charge in [0.05, 0.1) is 10.1 Å². The summed E-state index contributed by atoms with van der Waals surface area (Å²) >= 11 is 3.87. The number of thioether (sulfide) groups is 2. The molecule has 3 atom stereocenters. The molecule has 1 amide bonds. The Morgan fingerprint density at radius 3 is 2.32 bits per heavy atom. The number of ketones is 4. The van der Waals surface area contributed by atoms with Crippen molar-refractivity contribution in [2.24, 2.45) is 5.92 Å². The molecule has 37 heavy (non-hydrogen) atoms. The first-order chi connectivity index (χ1) is 17.7. The third kappa shape index (κ3) is 7.77. The van der Waals surface area contributed by atoms with Crippen LogP contribution in [0.25, 0.3) is 0 Å². The number of benzene rings is 1. The zero-order valence-electron chi connectivity index (χ0n) is 22.0. The highest BCUT2D eigenvalue weighted by atomic mass is 32.2. The Balaban J connectivity index is 1.56. The molecule has 2 aliphatic rings. The summed E-state index contributed by atoms with van der Waals surface area (Å²) in [6.45, 7) is 7.04. The molecule has 1 spiro atoms. The number of rotatable bonds is 14. The van der Waals surface area contributed by atoms with E-state index >= 15 is 0 Å². The van der Waals surface area contributed by atoms with Gasteiger partial charge in [0.1, 0.15) is 6.04 Å². The third-order valence-corrected chi connectivity index (χ3v) is 10.6. The second-order valence-corrected chi connectivity index (χ2v) is 13.1. The van der Waals surface area contributed by atoms with Crippen molar-refractivity contribution in [2.45, 2.75) is 75.5 Å². The smallest absolute Gasteiger partial charge is 0.221 e. The summed E-state index contributed by atoms with van der Waals surface area (Å²) in [6.07, 6.45) is 1.59. The van der Waals surface area contributed by atoms with Crippen LogP contribution in [0.3, 0.4) is 0 Å². The van der Waals surface area contributed by atoms with Gasteiger partial charge in [-0.1, -0.05) is 50.6 Å². The van der Waals surface area contributed by atoms with E-state index in [1.165, 1.54) is 6.92 Å². The fraction of sp³-hybridized carbons (Fsp3) is 0.607. The Labute approximate surface area is 228 Å². The second-order valence-electron chi connectivity index (χ2n) is 9.86. The van der Waals surface area contributed by atoms with Crippen molar-refractivity contribution in [3.05, 3.63) is 35.9 Å². The maximum Gasteiger partial charge on any atom is 0.221 e. The fourth-order valence-corrected chi connectivity index (χ4v) is 8.50. The second kappa shape index (κ2) is 13.7. The van der Waals surface area contributed by atoms with Gasteiger partial charge >= 0.3 is 0 Å². The van der Waals surface area contributed by atoms with Gasteiger partial charge in [0, 0.05) is 43.2 Å². The largest absolute Gasteiger partial charge is 0.342 e. The molecule has 0 saturated carbocycles. The third-order valence-electron chi connectivity index (χ3n) is 7.13. The lowest BCUT2D eigenvalue weighted by molar-refractivity contribution is -0.141. The van der Waals surface area contributed by atoms with Gasteiger partial charge in [-0.25, -0.2) is 0 Å². The number of hydrogen-bond acceptors (Lipinski definition) is 8. The average Bonchev–Trinajstić information content (AvgIpc) is 3.51. The minimum atomic E-state index is -0.794. The highest BCUT2D eigenvalue weighted by Crippen LogP contribution is 2.52. The van der Waals surface area contributed by atoms with E-state index in [9.17, 15) is 24.0 Å². The number of amides is 1. The van der Waals surface area contributed by atoms with Gasteiger partial charge in [0.25, 0.3) is 0 Å². The zero-order valence-corrected chi connectivity index (χ0v) is 23.6. The topological polar surface area (TPSA) is 101 Å². The van der Waals surface area contributed by atoms with Gasteiger partial charge in [-0.05, 0) is 31.9 Å². The molecular formula is C28H38N2O5S2. The fourth-order valence-electron chi connectivity index (χ4n) is 5.19. The summed E-state index contributed by atoms with van der Waals surface area (Å²) in [5.41, 5.74) is 0.663. The maximum absolute atomic E-state index is 13.3. The number of nitrogens with one attached hydrogen (secondary N) is 1. The van der Waals surface area contributed by atoms with E-state index in [1.54, 1.807) is 24.3 Å². The monoisotopic (exact) mass is 546 g/mol. The van der Waals surface area contributed by atoms with Crippen LogP contribution in [0.1, 0.15) is 70.9 Å². The molecule has 2 saturated heterocycles. The van der Waals surface area contributed by atoms with Crippen LogP contribution in [0.4, 0.5) is 0 Å². The first kappa shape index (κ1) is 29.6. The molecule has 0 aromatic heterocycles. The van der Waals surface area contributed by atoms with Crippen LogP contribution in [-0.2, 0) is 24.0 Å². The SMILES string of the molecule is CCCC(CC(=O)[C@@H]1CC2(CN1CC)SCCS2)C(=O)C(=O)CCC(=O)N[C@H](C(C)=O)c1ccccc1. The summed E-state index contributed by atoms with van der Waals surface area (Å²) in [5, 5.41) is 2.67. The molecule has 2 heterocycles. The van der Waals surface area contributed by atoms with Gasteiger partial charge in [0.15, 0.2) is 17.3 Å². The molecule has 2 fully saturated rings. The average molecular weight is 547 g/mol. The summed E-state index contributed by atoms with van der Waals surface area (Å²) < 4.78 is 0.0707. The van der Waals surface area contributed by atoms with Crippen molar-refractivity contribution in [3.63, 3.8) is 0 Å². The molecular weight excluding hydrogens is 508 g/mol. The summed E-state index contributed by atoms with van der Waals surface area (Å²) in [5.74, 6) is -0.283. The molecule has 7 nitrogen and oxygen atoms in total. The highest BCUT2D eigenvalue weighted by Gasteiger charge is 2.49. The molecule has 1 aromatic rings. The molecule has 3 rings (SSSR count). The maximum atomic E-state index is 13.3. The van der Waals surface area contributed by atoms with Crippen molar-refractivity contribution in [2.75, 3.05) is 24.6 Å². The molecule has 0 aliphatic carbocycles. The number of nitrogens with zero attached hydrogens (tertiary/aromatic N) is 1. The molecule has 0 radical (unpaired) electrons. The zero-order chi connectivity index (χ0) is 27.0. The normalized spacial score (nSPS) is 20.5. The van der Waals surface area contributed by atoms with Crippen LogP contribution >= 0.6 is 23.5 Å². The first-order valence-corrected chi connectivity index (χ1v) is 15.1. The van der Waals surface area contributed by atoms with Crippen molar-refractivity contribution in [3.8, 4) is 0 Å². The van der Waals surface area contributed by atoms with Crippen LogP contribution in [0.2, 0.25) is 0 Å². The van der Waals surface area contributed by atoms with Crippen molar-refractivity contribution in [1.29, 1.82) is 0 Å². The van der Waals surface area contributed by atoms with E-state index in [0.29, 0.717) is 18.4 Å². The van der Waals surface area contributed by atoms with Crippen LogP contribution in [0.5, 0.6) is 0 Å². The molecule has 1 unspecified atom stereocenters. The van der Waals surface area contributed by atoms with E-state index in [4.69, 9.17) is 0 Å².